The highest BCUT2D eigenvalue weighted by molar-refractivity contribution is 7.32. The fourth-order valence-electron chi connectivity index (χ4n) is 4.80. The molecule has 300 valence electrons. The number of azide groups is 2. The van der Waals surface area contributed by atoms with Crippen molar-refractivity contribution in [3.8, 4) is 0 Å². The van der Waals surface area contributed by atoms with E-state index in [0.29, 0.717) is 13.0 Å². The number of aliphatic hydroxyl groups is 1. The largest absolute Gasteiger partial charge is 0.697 e. The van der Waals surface area contributed by atoms with Gasteiger partial charge in [-0.05, 0) is 35.6 Å². The lowest BCUT2D eigenvalue weighted by molar-refractivity contribution is -0.272. The Bertz CT molecular complexity index is 1370. The summed E-state index contributed by atoms with van der Waals surface area (Å²) in [7, 11) is -5.40. The number of hydrogen-bond donors (Lipinski definition) is 2. The number of esters is 4. The quantitative estimate of drug-likeness (QED) is 0.0455. The first-order valence-corrected chi connectivity index (χ1v) is 20.4. The van der Waals surface area contributed by atoms with E-state index in [0.717, 1.165) is 13.8 Å². The zero-order chi connectivity index (χ0) is 40.7. The Labute approximate surface area is 308 Å². The second kappa shape index (κ2) is 22.0. The lowest BCUT2D eigenvalue weighted by Crippen LogP contribution is -2.61. The topological polar surface area (TPSA) is 306 Å². The lowest BCUT2D eigenvalue weighted by atomic mass is 9.97. The van der Waals surface area contributed by atoms with Gasteiger partial charge < -0.3 is 42.7 Å². The van der Waals surface area contributed by atoms with Crippen LogP contribution in [0.2, 0.25) is 18.1 Å². The predicted octanol–water partition coefficient (Wildman–Crippen LogP) is 3.61. The average molecular weight is 798 g/mol. The molecule has 0 saturated carbocycles. The maximum atomic E-state index is 11.7. The zero-order valence-corrected chi connectivity index (χ0v) is 33.2. The van der Waals surface area contributed by atoms with Gasteiger partial charge in [0.2, 0.25) is 6.29 Å². The van der Waals surface area contributed by atoms with Crippen LogP contribution in [0.5, 0.6) is 0 Å². The minimum Gasteiger partial charge on any atom is -0.458 e. The van der Waals surface area contributed by atoms with Crippen LogP contribution in [0.3, 0.4) is 0 Å². The van der Waals surface area contributed by atoms with Crippen LogP contribution >= 0.6 is 8.25 Å². The third-order valence-corrected chi connectivity index (χ3v) is 13.0. The number of aliphatic hydroxyl groups excluding tert-OH is 1. The Hall–Kier alpha value is -3.46. The number of nitrogens with zero attached hydrogens (tertiary/aromatic N) is 6. The fraction of sp³-hybridized carbons (Fsp3) is 0.862. The van der Waals surface area contributed by atoms with Crippen molar-refractivity contribution >= 4 is 40.4 Å². The summed E-state index contributed by atoms with van der Waals surface area (Å²) in [4.78, 5) is 60.6. The van der Waals surface area contributed by atoms with Crippen LogP contribution in [0, 0.1) is 0 Å². The summed E-state index contributed by atoms with van der Waals surface area (Å²) in [5.41, 5.74) is 17.7. The number of ether oxygens (including phenoxy) is 7. The number of hydrogen-bond acceptors (Lipinski definition) is 17. The Morgan fingerprint density at radius 3 is 1.58 bits per heavy atom. The van der Waals surface area contributed by atoms with Crippen molar-refractivity contribution in [2.75, 3.05) is 19.8 Å². The lowest BCUT2D eigenvalue weighted by Gasteiger charge is -2.43. The van der Waals surface area contributed by atoms with E-state index in [-0.39, 0.29) is 11.6 Å². The third-order valence-electron chi connectivity index (χ3n) is 8.08. The van der Waals surface area contributed by atoms with Gasteiger partial charge in [-0.3, -0.25) is 19.2 Å². The third kappa shape index (κ3) is 15.1. The van der Waals surface area contributed by atoms with Crippen LogP contribution in [0.4, 0.5) is 0 Å². The van der Waals surface area contributed by atoms with E-state index in [1.54, 1.807) is 0 Å². The SMILES string of the molecule is CC(=O)O[C@@H]1C(CO[Si](C)(C)C(C)(C)C)O[C@H](O[P+](=O)O)C(N=[N+]=[N-])[C@H]1OC(C)=O.CCCO[C@H]1OC(CO)[C@@H](OC(C)=O)[C@H](OC(C)=O)C1N=[N+]=[N-]. The first kappa shape index (κ1) is 47.6. The van der Waals surface area contributed by atoms with Gasteiger partial charge in [0.15, 0.2) is 39.0 Å². The molecule has 0 amide bonds. The van der Waals surface area contributed by atoms with Gasteiger partial charge in [-0.1, -0.05) is 42.4 Å². The van der Waals surface area contributed by atoms with Crippen LogP contribution in [-0.2, 0) is 65.9 Å². The Morgan fingerprint density at radius 2 is 1.21 bits per heavy atom. The van der Waals surface area contributed by atoms with E-state index in [2.05, 4.69) is 20.1 Å². The molecule has 0 aliphatic carbocycles. The molecule has 2 aliphatic heterocycles. The summed E-state index contributed by atoms with van der Waals surface area (Å²) >= 11 is 0. The molecule has 2 aliphatic rings. The van der Waals surface area contributed by atoms with Crippen LogP contribution in [-0.4, -0.2) is 123 Å². The maximum absolute atomic E-state index is 11.7. The van der Waals surface area contributed by atoms with Crippen LogP contribution in [0.25, 0.3) is 20.9 Å². The van der Waals surface area contributed by atoms with E-state index in [1.165, 1.54) is 13.8 Å². The summed E-state index contributed by atoms with van der Waals surface area (Å²) in [5, 5.41) is 16.4. The molecule has 2 heterocycles. The van der Waals surface area contributed by atoms with Crippen molar-refractivity contribution in [2.45, 2.75) is 141 Å². The molecule has 5 unspecified atom stereocenters. The van der Waals surface area contributed by atoms with Gasteiger partial charge in [-0.25, -0.2) is 0 Å². The van der Waals surface area contributed by atoms with Crippen molar-refractivity contribution in [3.63, 3.8) is 0 Å². The molecule has 2 fully saturated rings. The predicted molar refractivity (Wildman–Crippen MR) is 183 cm³/mol. The standard InChI is InChI=1S/C16H28N3O9PSi.C13H21N3O7/c1-9(20)25-13-11(8-24-30(6,7)16(3,4)5)27-15(28-29(22)23)12(18-19-17)14(13)26-10(2)21;1-4-5-20-13-10(15-16-14)12(22-8(3)19)11(21-7(2)18)9(6-17)23-13/h11-15H,8H2,1-7H3;9-13,17H,4-6H2,1-3H3/p+1/t11?,12?,13-,14-,15-;9?,10?,11-,12-,13+/m11/s1. The molecule has 0 bridgehead atoms. The van der Waals surface area contributed by atoms with E-state index in [1.807, 2.05) is 40.8 Å². The highest BCUT2D eigenvalue weighted by Gasteiger charge is 2.54. The second-order valence-electron chi connectivity index (χ2n) is 13.2. The van der Waals surface area contributed by atoms with Crippen molar-refractivity contribution in [1.29, 1.82) is 0 Å². The monoisotopic (exact) mass is 797 g/mol. The fourth-order valence-corrected chi connectivity index (χ4v) is 6.17. The summed E-state index contributed by atoms with van der Waals surface area (Å²) in [6, 6.07) is -2.43. The molecule has 24 heteroatoms. The van der Waals surface area contributed by atoms with Crippen LogP contribution in [0.1, 0.15) is 61.8 Å². The number of carbonyl (C=O) groups excluding carboxylic acids is 4. The molecule has 0 aromatic heterocycles. The second-order valence-corrected chi connectivity index (χ2v) is 18.7. The highest BCUT2D eigenvalue weighted by Crippen LogP contribution is 2.39. The van der Waals surface area contributed by atoms with Gasteiger partial charge in [-0.15, -0.1) is 4.89 Å². The van der Waals surface area contributed by atoms with Crippen molar-refractivity contribution in [2.24, 2.45) is 10.2 Å². The first-order valence-electron chi connectivity index (χ1n) is 16.4. The zero-order valence-electron chi connectivity index (χ0n) is 31.3. The smallest absolute Gasteiger partial charge is 0.458 e. The summed E-state index contributed by atoms with van der Waals surface area (Å²) in [6.45, 7) is 16.3. The molecule has 2 rings (SSSR count). The molecular weight excluding hydrogens is 747 g/mol. The Balaban J connectivity index is 0.000000549. The molecule has 0 radical (unpaired) electrons. The molecule has 0 aromatic carbocycles. The van der Waals surface area contributed by atoms with E-state index in [4.69, 9.17) is 53.2 Å². The number of carbonyl (C=O) groups is 4. The van der Waals surface area contributed by atoms with E-state index >= 15 is 0 Å². The highest BCUT2D eigenvalue weighted by atomic mass is 31.1. The number of rotatable bonds is 15. The molecular formula is C29H50N6O16PSi+. The van der Waals surface area contributed by atoms with Gasteiger partial charge in [0.05, 0.1) is 13.2 Å². The molecule has 11 atom stereocenters. The van der Waals surface area contributed by atoms with Gasteiger partial charge in [0, 0.05) is 48.7 Å². The maximum Gasteiger partial charge on any atom is 0.697 e. The van der Waals surface area contributed by atoms with Gasteiger partial charge in [-0.2, -0.15) is 0 Å². The van der Waals surface area contributed by atoms with E-state index in [9.17, 15) is 33.7 Å². The van der Waals surface area contributed by atoms with Crippen molar-refractivity contribution in [3.05, 3.63) is 20.9 Å². The van der Waals surface area contributed by atoms with Crippen LogP contribution < -0.4 is 0 Å². The normalized spacial score (nSPS) is 28.7. The van der Waals surface area contributed by atoms with Gasteiger partial charge in [0.25, 0.3) is 0 Å². The Kier molecular flexibility index (Phi) is 19.8. The molecule has 2 N–H and O–H groups in total. The summed E-state index contributed by atoms with van der Waals surface area (Å²) in [5.74, 6) is -2.74. The molecule has 53 heavy (non-hydrogen) atoms. The van der Waals surface area contributed by atoms with Crippen LogP contribution in [0.15, 0.2) is 10.2 Å². The Morgan fingerprint density at radius 1 is 0.792 bits per heavy atom. The summed E-state index contributed by atoms with van der Waals surface area (Å²) < 4.78 is 59.7. The van der Waals surface area contributed by atoms with Gasteiger partial charge >= 0.3 is 32.1 Å². The van der Waals surface area contributed by atoms with Gasteiger partial charge in [0.1, 0.15) is 24.3 Å². The molecule has 2 saturated heterocycles. The van der Waals surface area contributed by atoms with E-state index < -0.39 is 108 Å². The average Bonchev–Trinajstić information content (AvgIpc) is 3.02. The summed E-state index contributed by atoms with van der Waals surface area (Å²) in [6.07, 6.45) is -8.62. The van der Waals surface area contributed by atoms with Crippen molar-refractivity contribution in [1.82, 2.24) is 0 Å². The minimum absolute atomic E-state index is 0.0722. The van der Waals surface area contributed by atoms with Crippen molar-refractivity contribution < 1.29 is 75.9 Å². The minimum atomic E-state index is -3.14. The molecule has 0 spiro atoms. The molecule has 0 aromatic rings. The first-order chi connectivity index (χ1) is 24.6. The molecule has 22 nitrogen and oxygen atoms in total.